The third-order valence-electron chi connectivity index (χ3n) is 1.44. The van der Waals surface area contributed by atoms with Crippen molar-refractivity contribution in [3.8, 4) is 0 Å². The van der Waals surface area contributed by atoms with Crippen molar-refractivity contribution in [2.45, 2.75) is 13.0 Å². The van der Waals surface area contributed by atoms with Crippen LogP contribution in [-0.2, 0) is 0 Å². The summed E-state index contributed by atoms with van der Waals surface area (Å²) in [6.07, 6.45) is 1.04. The normalized spacial score (nSPS) is 13.0. The molecule has 0 radical (unpaired) electrons. The molecule has 1 unspecified atom stereocenters. The molecular formula is C8H10OS. The van der Waals surface area contributed by atoms with Gasteiger partial charge in [0.05, 0.1) is 6.10 Å². The molecule has 1 aromatic rings. The molecule has 0 aliphatic carbocycles. The first kappa shape index (κ1) is 7.51. The van der Waals surface area contributed by atoms with Crippen LogP contribution >= 0.6 is 11.3 Å². The molecule has 1 nitrogen and oxygen atoms in total. The van der Waals surface area contributed by atoms with Gasteiger partial charge in [0.15, 0.2) is 0 Å². The van der Waals surface area contributed by atoms with Gasteiger partial charge in [-0.25, -0.2) is 0 Å². The van der Waals surface area contributed by atoms with Gasteiger partial charge >= 0.3 is 0 Å². The number of aryl methyl sites for hydroxylation is 1. The first-order chi connectivity index (χ1) is 4.75. The van der Waals surface area contributed by atoms with Gasteiger partial charge in [0.1, 0.15) is 0 Å². The van der Waals surface area contributed by atoms with E-state index in [4.69, 9.17) is 0 Å². The Morgan fingerprint density at radius 3 is 2.90 bits per heavy atom. The zero-order valence-corrected chi connectivity index (χ0v) is 6.69. The fourth-order valence-corrected chi connectivity index (χ4v) is 1.57. The van der Waals surface area contributed by atoms with E-state index < -0.39 is 6.10 Å². The Kier molecular flexibility index (Phi) is 2.25. The summed E-state index contributed by atoms with van der Waals surface area (Å²) in [7, 11) is 0. The first-order valence-corrected chi connectivity index (χ1v) is 3.98. The number of rotatable bonds is 2. The molecule has 1 aromatic heterocycles. The molecule has 0 amide bonds. The largest absolute Gasteiger partial charge is 0.384 e. The van der Waals surface area contributed by atoms with Gasteiger partial charge in [0.2, 0.25) is 0 Å². The van der Waals surface area contributed by atoms with E-state index in [-0.39, 0.29) is 0 Å². The molecule has 0 saturated heterocycles. The second-order valence-corrected chi connectivity index (χ2v) is 3.23. The molecule has 0 aromatic carbocycles. The Balaban J connectivity index is 2.92. The van der Waals surface area contributed by atoms with Crippen molar-refractivity contribution in [2.75, 3.05) is 0 Å². The van der Waals surface area contributed by atoms with E-state index in [1.165, 1.54) is 6.08 Å². The number of aliphatic hydroxyl groups excluding tert-OH is 1. The third kappa shape index (κ3) is 1.28. The Hall–Kier alpha value is -0.600. The van der Waals surface area contributed by atoms with Crippen LogP contribution in [0, 0.1) is 6.92 Å². The Labute approximate surface area is 64.6 Å². The first-order valence-electron chi connectivity index (χ1n) is 3.10. The molecule has 0 spiro atoms. The Morgan fingerprint density at radius 1 is 1.80 bits per heavy atom. The van der Waals surface area contributed by atoms with Crippen molar-refractivity contribution in [1.29, 1.82) is 0 Å². The van der Waals surface area contributed by atoms with Crippen molar-refractivity contribution in [3.05, 3.63) is 34.5 Å². The SMILES string of the molecule is C=CC(O)c1ccsc1C. The third-order valence-corrected chi connectivity index (χ3v) is 2.30. The fraction of sp³-hybridized carbons (Fsp3) is 0.250. The lowest BCUT2D eigenvalue weighted by Crippen LogP contribution is -1.90. The maximum absolute atomic E-state index is 9.29. The number of hydrogen-bond acceptors (Lipinski definition) is 2. The lowest BCUT2D eigenvalue weighted by atomic mass is 10.1. The van der Waals surface area contributed by atoms with Gasteiger partial charge in [-0.3, -0.25) is 0 Å². The molecule has 1 heterocycles. The molecule has 54 valence electrons. The lowest BCUT2D eigenvalue weighted by Gasteiger charge is -2.02. The quantitative estimate of drug-likeness (QED) is 0.648. The van der Waals surface area contributed by atoms with E-state index >= 15 is 0 Å². The summed E-state index contributed by atoms with van der Waals surface area (Å²) in [6, 6.07) is 1.92. The number of aliphatic hydroxyl groups is 1. The van der Waals surface area contributed by atoms with Gasteiger partial charge < -0.3 is 5.11 Å². The highest BCUT2D eigenvalue weighted by atomic mass is 32.1. The highest BCUT2D eigenvalue weighted by Crippen LogP contribution is 2.22. The zero-order chi connectivity index (χ0) is 7.56. The van der Waals surface area contributed by atoms with E-state index in [9.17, 15) is 5.11 Å². The van der Waals surface area contributed by atoms with Crippen LogP contribution in [0.4, 0.5) is 0 Å². The van der Waals surface area contributed by atoms with Gasteiger partial charge in [-0.05, 0) is 23.9 Å². The van der Waals surface area contributed by atoms with E-state index in [0.29, 0.717) is 0 Å². The van der Waals surface area contributed by atoms with E-state index in [2.05, 4.69) is 6.58 Å². The van der Waals surface area contributed by atoms with Crippen molar-refractivity contribution >= 4 is 11.3 Å². The minimum atomic E-state index is -0.494. The molecule has 0 aliphatic rings. The minimum Gasteiger partial charge on any atom is -0.384 e. The van der Waals surface area contributed by atoms with Gasteiger partial charge in [-0.1, -0.05) is 6.08 Å². The second-order valence-electron chi connectivity index (χ2n) is 2.11. The summed E-state index contributed by atoms with van der Waals surface area (Å²) in [5, 5.41) is 11.3. The van der Waals surface area contributed by atoms with Crippen LogP contribution < -0.4 is 0 Å². The highest BCUT2D eigenvalue weighted by Gasteiger charge is 2.05. The monoisotopic (exact) mass is 154 g/mol. The average Bonchev–Trinajstić information content (AvgIpc) is 2.34. The number of thiophene rings is 1. The summed E-state index contributed by atoms with van der Waals surface area (Å²) >= 11 is 1.64. The zero-order valence-electron chi connectivity index (χ0n) is 5.87. The predicted molar refractivity (Wildman–Crippen MR) is 44.2 cm³/mol. The topological polar surface area (TPSA) is 20.2 Å². The predicted octanol–water partition coefficient (Wildman–Crippen LogP) is 2.28. The molecule has 0 aliphatic heterocycles. The molecule has 2 heteroatoms. The van der Waals surface area contributed by atoms with Crippen molar-refractivity contribution in [3.63, 3.8) is 0 Å². The van der Waals surface area contributed by atoms with Gasteiger partial charge in [-0.2, -0.15) is 0 Å². The Bertz CT molecular complexity index is 227. The maximum atomic E-state index is 9.29. The summed E-state index contributed by atoms with van der Waals surface area (Å²) < 4.78 is 0. The van der Waals surface area contributed by atoms with Crippen LogP contribution in [0.15, 0.2) is 24.1 Å². The Morgan fingerprint density at radius 2 is 2.50 bits per heavy atom. The van der Waals surface area contributed by atoms with Gasteiger partial charge in [0.25, 0.3) is 0 Å². The van der Waals surface area contributed by atoms with Gasteiger partial charge in [-0.15, -0.1) is 17.9 Å². The van der Waals surface area contributed by atoms with E-state index in [1.807, 2.05) is 18.4 Å². The minimum absolute atomic E-state index is 0.494. The van der Waals surface area contributed by atoms with Crippen LogP contribution in [-0.4, -0.2) is 5.11 Å². The van der Waals surface area contributed by atoms with E-state index in [1.54, 1.807) is 11.3 Å². The summed E-state index contributed by atoms with van der Waals surface area (Å²) in [5.41, 5.74) is 0.972. The molecule has 0 fully saturated rings. The summed E-state index contributed by atoms with van der Waals surface area (Å²) in [6.45, 7) is 5.51. The fourth-order valence-electron chi connectivity index (χ4n) is 0.829. The standard InChI is InChI=1S/C8H10OS/c1-3-8(9)7-4-5-10-6(7)2/h3-5,8-9H,1H2,2H3. The molecule has 1 atom stereocenters. The van der Waals surface area contributed by atoms with Crippen molar-refractivity contribution in [1.82, 2.24) is 0 Å². The number of hydrogen-bond donors (Lipinski definition) is 1. The molecule has 1 N–H and O–H groups in total. The van der Waals surface area contributed by atoms with Crippen LogP contribution in [0.25, 0.3) is 0 Å². The summed E-state index contributed by atoms with van der Waals surface area (Å²) in [5.74, 6) is 0. The second kappa shape index (κ2) is 2.99. The van der Waals surface area contributed by atoms with Crippen molar-refractivity contribution < 1.29 is 5.11 Å². The molecule has 0 bridgehead atoms. The lowest BCUT2D eigenvalue weighted by molar-refractivity contribution is 0.229. The summed E-state index contributed by atoms with van der Waals surface area (Å²) in [4.78, 5) is 1.16. The van der Waals surface area contributed by atoms with Crippen LogP contribution in [0.3, 0.4) is 0 Å². The van der Waals surface area contributed by atoms with Crippen LogP contribution in [0.1, 0.15) is 16.5 Å². The molecule has 0 saturated carbocycles. The molecule has 1 rings (SSSR count). The van der Waals surface area contributed by atoms with Gasteiger partial charge in [0, 0.05) is 4.88 Å². The highest BCUT2D eigenvalue weighted by molar-refractivity contribution is 7.10. The maximum Gasteiger partial charge on any atom is 0.0979 e. The molecule has 10 heavy (non-hydrogen) atoms. The van der Waals surface area contributed by atoms with Crippen LogP contribution in [0.2, 0.25) is 0 Å². The smallest absolute Gasteiger partial charge is 0.0979 e. The van der Waals surface area contributed by atoms with Crippen LogP contribution in [0.5, 0.6) is 0 Å². The van der Waals surface area contributed by atoms with E-state index in [0.717, 1.165) is 10.4 Å². The van der Waals surface area contributed by atoms with Crippen molar-refractivity contribution in [2.24, 2.45) is 0 Å². The average molecular weight is 154 g/mol. The molecular weight excluding hydrogens is 144 g/mol.